The summed E-state index contributed by atoms with van der Waals surface area (Å²) in [7, 11) is 0. The van der Waals surface area contributed by atoms with E-state index >= 15 is 0 Å². The molecule has 1 aromatic carbocycles. The number of aliphatic hydroxyl groups is 1. The summed E-state index contributed by atoms with van der Waals surface area (Å²) in [5.74, 6) is 2.11. The van der Waals surface area contributed by atoms with Gasteiger partial charge in [0.15, 0.2) is 0 Å². The molecular formula is C17H24O3. The third-order valence-corrected chi connectivity index (χ3v) is 5.09. The second-order valence-corrected chi connectivity index (χ2v) is 7.06. The molecule has 1 aliphatic heterocycles. The van der Waals surface area contributed by atoms with Crippen molar-refractivity contribution < 1.29 is 14.9 Å². The molecule has 20 heavy (non-hydrogen) atoms. The van der Waals surface area contributed by atoms with Crippen molar-refractivity contribution in [3.05, 3.63) is 23.3 Å². The number of aromatic hydroxyl groups is 1. The normalized spacial score (nSPS) is 35.6. The van der Waals surface area contributed by atoms with Crippen molar-refractivity contribution in [3.8, 4) is 11.5 Å². The van der Waals surface area contributed by atoms with Crippen molar-refractivity contribution in [1.29, 1.82) is 0 Å². The minimum atomic E-state index is -0.824. The van der Waals surface area contributed by atoms with Crippen LogP contribution in [0.5, 0.6) is 11.5 Å². The third-order valence-electron chi connectivity index (χ3n) is 5.09. The number of hydrogen-bond acceptors (Lipinski definition) is 3. The van der Waals surface area contributed by atoms with Crippen molar-refractivity contribution in [2.75, 3.05) is 0 Å². The minimum absolute atomic E-state index is 0.0920. The predicted molar refractivity (Wildman–Crippen MR) is 78.2 cm³/mol. The van der Waals surface area contributed by atoms with Crippen LogP contribution in [-0.2, 0) is 0 Å². The summed E-state index contributed by atoms with van der Waals surface area (Å²) in [4.78, 5) is 0. The molecule has 3 rings (SSSR count). The van der Waals surface area contributed by atoms with Gasteiger partial charge in [0, 0.05) is 11.5 Å². The maximum absolute atomic E-state index is 10.7. The van der Waals surface area contributed by atoms with E-state index in [-0.39, 0.29) is 12.0 Å². The van der Waals surface area contributed by atoms with Gasteiger partial charge in [-0.15, -0.1) is 0 Å². The molecule has 0 amide bonds. The molecule has 3 nitrogen and oxygen atoms in total. The van der Waals surface area contributed by atoms with Crippen LogP contribution < -0.4 is 4.74 Å². The Hall–Kier alpha value is -1.22. The minimum Gasteiger partial charge on any atom is -0.508 e. The zero-order chi connectivity index (χ0) is 14.7. The Labute approximate surface area is 120 Å². The topological polar surface area (TPSA) is 49.7 Å². The van der Waals surface area contributed by atoms with Crippen molar-refractivity contribution in [3.63, 3.8) is 0 Å². The van der Waals surface area contributed by atoms with Crippen molar-refractivity contribution in [1.82, 2.24) is 0 Å². The summed E-state index contributed by atoms with van der Waals surface area (Å²) < 4.78 is 6.06. The van der Waals surface area contributed by atoms with Crippen LogP contribution in [0.25, 0.3) is 0 Å². The fourth-order valence-electron chi connectivity index (χ4n) is 4.02. The smallest absolute Gasteiger partial charge is 0.134 e. The molecule has 0 spiro atoms. The first-order valence-corrected chi connectivity index (χ1v) is 7.54. The predicted octanol–water partition coefficient (Wildman–Crippen LogP) is 3.36. The fourth-order valence-corrected chi connectivity index (χ4v) is 4.02. The Morgan fingerprint density at radius 2 is 2.05 bits per heavy atom. The molecular weight excluding hydrogens is 252 g/mol. The summed E-state index contributed by atoms with van der Waals surface area (Å²) in [6, 6.07) is 3.77. The first kappa shape index (κ1) is 13.7. The molecule has 1 aromatic rings. The van der Waals surface area contributed by atoms with E-state index in [4.69, 9.17) is 4.74 Å². The van der Waals surface area contributed by atoms with Gasteiger partial charge in [0.1, 0.15) is 17.6 Å². The third kappa shape index (κ3) is 1.91. The number of rotatable bonds is 1. The molecule has 0 radical (unpaired) electrons. The molecule has 3 heteroatoms. The molecule has 2 aliphatic rings. The summed E-state index contributed by atoms with van der Waals surface area (Å²) in [5.41, 5.74) is 1.06. The molecule has 0 saturated heterocycles. The van der Waals surface area contributed by atoms with Crippen LogP contribution in [0.4, 0.5) is 0 Å². The largest absolute Gasteiger partial charge is 0.508 e. The molecule has 1 heterocycles. The van der Waals surface area contributed by atoms with Crippen LogP contribution in [0, 0.1) is 18.8 Å². The van der Waals surface area contributed by atoms with Gasteiger partial charge in [-0.05, 0) is 56.2 Å². The highest BCUT2D eigenvalue weighted by Crippen LogP contribution is 2.56. The highest BCUT2D eigenvalue weighted by Gasteiger charge is 2.53. The van der Waals surface area contributed by atoms with Gasteiger partial charge in [0.05, 0.1) is 5.60 Å². The van der Waals surface area contributed by atoms with E-state index in [1.54, 1.807) is 6.07 Å². The molecule has 1 fully saturated rings. The quantitative estimate of drug-likeness (QED) is 0.827. The number of fused-ring (bicyclic) bond motifs is 3. The molecule has 1 saturated carbocycles. The van der Waals surface area contributed by atoms with Crippen LogP contribution in [0.15, 0.2) is 12.1 Å². The molecule has 0 aromatic heterocycles. The van der Waals surface area contributed by atoms with E-state index in [0.29, 0.717) is 17.6 Å². The Balaban J connectivity index is 2.12. The number of aryl methyl sites for hydroxylation is 1. The standard InChI is InChI=1S/C17H24O3/c1-9(2)11-5-6-17(4,19)16-14(11)15-12(18)7-10(3)8-13(15)20-16/h7-9,11,14,16,18-19H,5-6H2,1-4H3/t11?,14-,16?,17?/m1/s1. The van der Waals surface area contributed by atoms with Gasteiger partial charge in [0.25, 0.3) is 0 Å². The average Bonchev–Trinajstić information content (AvgIpc) is 2.69. The van der Waals surface area contributed by atoms with E-state index in [1.165, 1.54) is 0 Å². The maximum atomic E-state index is 10.7. The Morgan fingerprint density at radius 1 is 1.35 bits per heavy atom. The molecule has 2 N–H and O–H groups in total. The van der Waals surface area contributed by atoms with Crippen molar-refractivity contribution in [2.45, 2.75) is 58.2 Å². The first-order valence-electron chi connectivity index (χ1n) is 7.54. The van der Waals surface area contributed by atoms with E-state index in [2.05, 4.69) is 13.8 Å². The van der Waals surface area contributed by atoms with Gasteiger partial charge >= 0.3 is 0 Å². The Bertz CT molecular complexity index is 533. The SMILES string of the molecule is Cc1cc(O)c2c(c1)OC1[C@@H]2C(C(C)C)CCC1(C)O. The lowest BCUT2D eigenvalue weighted by molar-refractivity contribution is -0.0918. The highest BCUT2D eigenvalue weighted by atomic mass is 16.5. The van der Waals surface area contributed by atoms with E-state index in [9.17, 15) is 10.2 Å². The van der Waals surface area contributed by atoms with E-state index < -0.39 is 5.60 Å². The van der Waals surface area contributed by atoms with Gasteiger partial charge in [0.2, 0.25) is 0 Å². The second kappa shape index (κ2) is 4.39. The molecule has 3 unspecified atom stereocenters. The van der Waals surface area contributed by atoms with Gasteiger partial charge in [-0.25, -0.2) is 0 Å². The number of phenolic OH excluding ortho intramolecular Hbond substituents is 1. The number of ether oxygens (including phenoxy) is 1. The van der Waals surface area contributed by atoms with Crippen molar-refractivity contribution in [2.24, 2.45) is 11.8 Å². The molecule has 110 valence electrons. The first-order chi connectivity index (χ1) is 9.31. The second-order valence-electron chi connectivity index (χ2n) is 7.06. The van der Waals surface area contributed by atoms with E-state index in [1.807, 2.05) is 19.9 Å². The fraction of sp³-hybridized carbons (Fsp3) is 0.647. The zero-order valence-electron chi connectivity index (χ0n) is 12.7. The van der Waals surface area contributed by atoms with Crippen LogP contribution in [0.1, 0.15) is 50.7 Å². The molecule has 1 aliphatic carbocycles. The van der Waals surface area contributed by atoms with Crippen LogP contribution in [-0.4, -0.2) is 21.9 Å². The van der Waals surface area contributed by atoms with Gasteiger partial charge in [-0.2, -0.15) is 0 Å². The molecule has 0 bridgehead atoms. The average molecular weight is 276 g/mol. The summed E-state index contributed by atoms with van der Waals surface area (Å²) in [6.07, 6.45) is 1.48. The highest BCUT2D eigenvalue weighted by molar-refractivity contribution is 5.53. The van der Waals surface area contributed by atoms with Crippen molar-refractivity contribution >= 4 is 0 Å². The number of phenols is 1. The Kier molecular flexibility index (Phi) is 3.02. The van der Waals surface area contributed by atoms with Crippen LogP contribution >= 0.6 is 0 Å². The van der Waals surface area contributed by atoms with Crippen LogP contribution in [0.2, 0.25) is 0 Å². The van der Waals surface area contributed by atoms with Gasteiger partial charge in [-0.3, -0.25) is 0 Å². The van der Waals surface area contributed by atoms with Crippen LogP contribution in [0.3, 0.4) is 0 Å². The lowest BCUT2D eigenvalue weighted by Crippen LogP contribution is -2.50. The summed E-state index contributed by atoms with van der Waals surface area (Å²) in [5, 5.41) is 21.0. The maximum Gasteiger partial charge on any atom is 0.134 e. The van der Waals surface area contributed by atoms with Gasteiger partial charge in [-0.1, -0.05) is 13.8 Å². The lowest BCUT2D eigenvalue weighted by Gasteiger charge is -2.43. The summed E-state index contributed by atoms with van der Waals surface area (Å²) >= 11 is 0. The monoisotopic (exact) mass is 276 g/mol. The molecule has 4 atom stereocenters. The lowest BCUT2D eigenvalue weighted by atomic mass is 9.65. The van der Waals surface area contributed by atoms with Gasteiger partial charge < -0.3 is 14.9 Å². The Morgan fingerprint density at radius 3 is 2.70 bits per heavy atom. The summed E-state index contributed by atoms with van der Waals surface area (Å²) in [6.45, 7) is 8.23. The number of hydrogen-bond donors (Lipinski definition) is 2. The zero-order valence-corrected chi connectivity index (χ0v) is 12.7. The van der Waals surface area contributed by atoms with E-state index in [0.717, 1.165) is 29.7 Å². The number of benzene rings is 1.